The summed E-state index contributed by atoms with van der Waals surface area (Å²) in [6.07, 6.45) is 3.37. The molecule has 1 aromatic heterocycles. The number of aromatic nitrogens is 1. The number of nitrogens with zero attached hydrogens (tertiary/aromatic N) is 1. The molecule has 92 valence electrons. The molecule has 0 saturated heterocycles. The topological polar surface area (TPSA) is 60.2 Å². The van der Waals surface area contributed by atoms with Crippen LogP contribution < -0.4 is 15.8 Å². The smallest absolute Gasteiger partial charge is 0.168 e. The van der Waals surface area contributed by atoms with Crippen LogP contribution in [0.1, 0.15) is 5.56 Å². The molecule has 5 heteroatoms. The SMILES string of the molecule is Cc1cc(NC(N)=S)ccc1Oc1cccnc1. The quantitative estimate of drug-likeness (QED) is 0.830. The van der Waals surface area contributed by atoms with E-state index in [2.05, 4.69) is 10.3 Å². The first-order valence-electron chi connectivity index (χ1n) is 5.40. The highest BCUT2D eigenvalue weighted by atomic mass is 32.1. The molecular formula is C13H13N3OS. The van der Waals surface area contributed by atoms with Crippen molar-refractivity contribution < 1.29 is 4.74 Å². The summed E-state index contributed by atoms with van der Waals surface area (Å²) in [7, 11) is 0. The molecule has 0 saturated carbocycles. The summed E-state index contributed by atoms with van der Waals surface area (Å²) < 4.78 is 5.71. The second-order valence-corrected chi connectivity index (χ2v) is 4.20. The third-order valence-corrected chi connectivity index (χ3v) is 2.41. The van der Waals surface area contributed by atoms with E-state index in [0.29, 0.717) is 5.75 Å². The van der Waals surface area contributed by atoms with Gasteiger partial charge in [-0.2, -0.15) is 0 Å². The lowest BCUT2D eigenvalue weighted by Crippen LogP contribution is -2.18. The molecule has 0 aliphatic carbocycles. The first-order chi connectivity index (χ1) is 8.65. The first kappa shape index (κ1) is 12.3. The number of nitrogens with two attached hydrogens (primary N) is 1. The fourth-order valence-electron chi connectivity index (χ4n) is 1.52. The summed E-state index contributed by atoms with van der Waals surface area (Å²) in [5.41, 5.74) is 7.25. The van der Waals surface area contributed by atoms with Crippen LogP contribution in [0.25, 0.3) is 0 Å². The summed E-state index contributed by atoms with van der Waals surface area (Å²) in [5.74, 6) is 1.48. The maximum atomic E-state index is 5.71. The van der Waals surface area contributed by atoms with Crippen molar-refractivity contribution in [2.45, 2.75) is 6.92 Å². The van der Waals surface area contributed by atoms with Gasteiger partial charge >= 0.3 is 0 Å². The molecule has 0 radical (unpaired) electrons. The van der Waals surface area contributed by atoms with Crippen LogP contribution in [0, 0.1) is 6.92 Å². The number of ether oxygens (including phenoxy) is 1. The predicted molar refractivity (Wildman–Crippen MR) is 75.9 cm³/mol. The molecule has 4 nitrogen and oxygen atoms in total. The number of aryl methyl sites for hydroxylation is 1. The monoisotopic (exact) mass is 259 g/mol. The van der Waals surface area contributed by atoms with E-state index in [1.165, 1.54) is 0 Å². The number of hydrogen-bond donors (Lipinski definition) is 2. The van der Waals surface area contributed by atoms with Gasteiger partial charge in [-0.1, -0.05) is 0 Å². The molecule has 0 atom stereocenters. The van der Waals surface area contributed by atoms with Gasteiger partial charge in [0.2, 0.25) is 0 Å². The van der Waals surface area contributed by atoms with Crippen molar-refractivity contribution >= 4 is 23.0 Å². The Morgan fingerprint density at radius 1 is 1.39 bits per heavy atom. The third-order valence-electron chi connectivity index (χ3n) is 2.30. The van der Waals surface area contributed by atoms with Gasteiger partial charge in [0.05, 0.1) is 6.20 Å². The molecule has 18 heavy (non-hydrogen) atoms. The van der Waals surface area contributed by atoms with Crippen molar-refractivity contribution in [1.29, 1.82) is 0 Å². The van der Waals surface area contributed by atoms with Gasteiger partial charge in [0, 0.05) is 11.9 Å². The van der Waals surface area contributed by atoms with Gasteiger partial charge in [-0.05, 0) is 55.0 Å². The van der Waals surface area contributed by atoms with E-state index in [1.54, 1.807) is 12.4 Å². The molecule has 1 aromatic carbocycles. The number of thiocarbonyl (C=S) groups is 1. The molecule has 0 spiro atoms. The lowest BCUT2D eigenvalue weighted by atomic mass is 10.2. The summed E-state index contributed by atoms with van der Waals surface area (Å²) in [6, 6.07) is 9.33. The lowest BCUT2D eigenvalue weighted by Gasteiger charge is -2.10. The molecule has 0 aliphatic rings. The average Bonchev–Trinajstić information content (AvgIpc) is 2.33. The summed E-state index contributed by atoms with van der Waals surface area (Å²) >= 11 is 4.79. The average molecular weight is 259 g/mol. The Morgan fingerprint density at radius 3 is 2.83 bits per heavy atom. The highest BCUT2D eigenvalue weighted by Gasteiger charge is 2.03. The number of nitrogens with one attached hydrogen (secondary N) is 1. The Labute approximate surface area is 111 Å². The van der Waals surface area contributed by atoms with Crippen LogP contribution in [0.4, 0.5) is 5.69 Å². The molecule has 0 fully saturated rings. The van der Waals surface area contributed by atoms with Crippen molar-refractivity contribution in [1.82, 2.24) is 4.98 Å². The van der Waals surface area contributed by atoms with Gasteiger partial charge < -0.3 is 15.8 Å². The van der Waals surface area contributed by atoms with Crippen LogP contribution in [0.2, 0.25) is 0 Å². The molecule has 0 unspecified atom stereocenters. The Bertz CT molecular complexity index is 557. The van der Waals surface area contributed by atoms with Crippen LogP contribution in [-0.2, 0) is 0 Å². The summed E-state index contributed by atoms with van der Waals surface area (Å²) in [5, 5.41) is 3.12. The van der Waals surface area contributed by atoms with Gasteiger partial charge in [-0.3, -0.25) is 4.98 Å². The van der Waals surface area contributed by atoms with Gasteiger partial charge in [0.15, 0.2) is 5.11 Å². The van der Waals surface area contributed by atoms with Crippen molar-refractivity contribution in [3.8, 4) is 11.5 Å². The molecule has 0 aliphatic heterocycles. The van der Waals surface area contributed by atoms with Crippen molar-refractivity contribution in [3.05, 3.63) is 48.3 Å². The lowest BCUT2D eigenvalue weighted by molar-refractivity contribution is 0.476. The number of benzene rings is 1. The molecule has 0 amide bonds. The van der Waals surface area contributed by atoms with Crippen molar-refractivity contribution in [2.75, 3.05) is 5.32 Å². The van der Waals surface area contributed by atoms with E-state index in [0.717, 1.165) is 17.0 Å². The minimum absolute atomic E-state index is 0.246. The number of hydrogen-bond acceptors (Lipinski definition) is 3. The molecule has 2 rings (SSSR count). The fourth-order valence-corrected chi connectivity index (χ4v) is 1.64. The van der Waals surface area contributed by atoms with Crippen LogP contribution in [0.5, 0.6) is 11.5 Å². The second-order valence-electron chi connectivity index (χ2n) is 3.76. The number of anilines is 1. The summed E-state index contributed by atoms with van der Waals surface area (Å²) in [4.78, 5) is 4.00. The van der Waals surface area contributed by atoms with Crippen molar-refractivity contribution in [2.24, 2.45) is 5.73 Å². The highest BCUT2D eigenvalue weighted by molar-refractivity contribution is 7.80. The molecule has 3 N–H and O–H groups in total. The minimum atomic E-state index is 0.246. The van der Waals surface area contributed by atoms with E-state index in [1.807, 2.05) is 37.3 Å². The zero-order chi connectivity index (χ0) is 13.0. The van der Waals surface area contributed by atoms with Crippen molar-refractivity contribution in [3.63, 3.8) is 0 Å². The van der Waals surface area contributed by atoms with E-state index in [9.17, 15) is 0 Å². The standard InChI is InChI=1S/C13H13N3OS/c1-9-7-10(16-13(14)18)4-5-12(9)17-11-3-2-6-15-8-11/h2-8H,1H3,(H3,14,16,18). The normalized spacial score (nSPS) is 9.83. The van der Waals surface area contributed by atoms with E-state index >= 15 is 0 Å². The second kappa shape index (κ2) is 5.46. The van der Waals surface area contributed by atoms with Gasteiger partial charge in [0.25, 0.3) is 0 Å². The van der Waals surface area contributed by atoms with Crippen LogP contribution >= 0.6 is 12.2 Å². The molecule has 0 bridgehead atoms. The van der Waals surface area contributed by atoms with E-state index in [4.69, 9.17) is 22.7 Å². The van der Waals surface area contributed by atoms with Crippen LogP contribution in [0.3, 0.4) is 0 Å². The molecular weight excluding hydrogens is 246 g/mol. The number of rotatable bonds is 3. The number of pyridine rings is 1. The largest absolute Gasteiger partial charge is 0.455 e. The van der Waals surface area contributed by atoms with Crippen LogP contribution in [0.15, 0.2) is 42.7 Å². The predicted octanol–water partition coefficient (Wildman–Crippen LogP) is 2.84. The maximum absolute atomic E-state index is 5.71. The maximum Gasteiger partial charge on any atom is 0.168 e. The Hall–Kier alpha value is -2.14. The minimum Gasteiger partial charge on any atom is -0.455 e. The third kappa shape index (κ3) is 3.18. The molecule has 1 heterocycles. The van der Waals surface area contributed by atoms with Gasteiger partial charge in [-0.25, -0.2) is 0 Å². The van der Waals surface area contributed by atoms with E-state index in [-0.39, 0.29) is 5.11 Å². The molecule has 2 aromatic rings. The Balaban J connectivity index is 2.17. The highest BCUT2D eigenvalue weighted by Crippen LogP contribution is 2.26. The Kier molecular flexibility index (Phi) is 3.74. The summed E-state index contributed by atoms with van der Waals surface area (Å²) in [6.45, 7) is 1.95. The zero-order valence-corrected chi connectivity index (χ0v) is 10.7. The fraction of sp³-hybridized carbons (Fsp3) is 0.0769. The van der Waals surface area contributed by atoms with Gasteiger partial charge in [0.1, 0.15) is 11.5 Å². The Morgan fingerprint density at radius 2 is 2.22 bits per heavy atom. The van der Waals surface area contributed by atoms with Crippen LogP contribution in [-0.4, -0.2) is 10.1 Å². The first-order valence-corrected chi connectivity index (χ1v) is 5.81. The van der Waals surface area contributed by atoms with E-state index < -0.39 is 0 Å². The van der Waals surface area contributed by atoms with Gasteiger partial charge in [-0.15, -0.1) is 0 Å². The zero-order valence-electron chi connectivity index (χ0n) is 9.88.